The molecule has 0 spiro atoms. The maximum atomic E-state index is 14.1. The number of anilines is 3. The quantitative estimate of drug-likeness (QED) is 0.149. The van der Waals surface area contributed by atoms with Gasteiger partial charge in [-0.05, 0) is 97.2 Å². The Kier molecular flexibility index (Phi) is 15.1. The molecular formula is C44H56FN7O8. The van der Waals surface area contributed by atoms with E-state index in [2.05, 4.69) is 30.9 Å². The van der Waals surface area contributed by atoms with E-state index in [1.807, 2.05) is 76.2 Å². The van der Waals surface area contributed by atoms with Crippen molar-refractivity contribution in [2.45, 2.75) is 84.0 Å². The SMILES string of the molecule is CCCN(CC(=O)Nc1ccc([C@@H]2CC[C@@H](c3ccc(NC(=O)[C@@H]4CCCN4C(=O)CNC(=O)OC)cc3)N2c2ccc(F)cc2)cc1)C(=O)[C@@H](NC(=O)OC)C(C)(C)C. The molecule has 16 heteroatoms. The number of likely N-dealkylation sites (tertiary alicyclic amines) is 1. The van der Waals surface area contributed by atoms with Crippen LogP contribution >= 0.6 is 0 Å². The second kappa shape index (κ2) is 20.2. The van der Waals surface area contributed by atoms with Crippen LogP contribution in [0.15, 0.2) is 72.8 Å². The number of rotatable bonds is 14. The third-order valence-corrected chi connectivity index (χ3v) is 10.8. The lowest BCUT2D eigenvalue weighted by molar-refractivity contribution is -0.138. The number of nitrogens with one attached hydrogen (secondary N) is 4. The van der Waals surface area contributed by atoms with E-state index in [9.17, 15) is 33.2 Å². The highest BCUT2D eigenvalue weighted by Gasteiger charge is 2.38. The molecule has 4 N–H and O–H groups in total. The number of alkyl carbamates (subject to hydrolysis) is 2. The number of halogens is 1. The van der Waals surface area contributed by atoms with Gasteiger partial charge >= 0.3 is 12.2 Å². The van der Waals surface area contributed by atoms with Gasteiger partial charge in [0.2, 0.25) is 23.6 Å². The monoisotopic (exact) mass is 829 g/mol. The smallest absolute Gasteiger partial charge is 0.407 e. The second-order valence-corrected chi connectivity index (χ2v) is 16.1. The van der Waals surface area contributed by atoms with Gasteiger partial charge in [0.15, 0.2) is 0 Å². The zero-order chi connectivity index (χ0) is 43.6. The lowest BCUT2D eigenvalue weighted by Crippen LogP contribution is -2.56. The minimum Gasteiger partial charge on any atom is -0.453 e. The molecule has 15 nitrogen and oxygen atoms in total. The van der Waals surface area contributed by atoms with Gasteiger partial charge in [-0.15, -0.1) is 0 Å². The van der Waals surface area contributed by atoms with Crippen LogP contribution in [0.4, 0.5) is 31.0 Å². The Labute approximate surface area is 350 Å². The fraction of sp³-hybridized carbons (Fsp3) is 0.455. The zero-order valence-corrected chi connectivity index (χ0v) is 35.1. The molecule has 0 unspecified atom stereocenters. The van der Waals surface area contributed by atoms with Crippen molar-refractivity contribution in [2.24, 2.45) is 5.41 Å². The van der Waals surface area contributed by atoms with Crippen LogP contribution in [0, 0.1) is 11.2 Å². The maximum Gasteiger partial charge on any atom is 0.407 e. The number of ether oxygens (including phenoxy) is 2. The first-order chi connectivity index (χ1) is 28.6. The summed E-state index contributed by atoms with van der Waals surface area (Å²) in [6.07, 6.45) is 1.89. The van der Waals surface area contributed by atoms with Crippen LogP contribution in [-0.2, 0) is 28.7 Å². The van der Waals surface area contributed by atoms with Gasteiger partial charge in [0.05, 0.1) is 32.8 Å². The van der Waals surface area contributed by atoms with Gasteiger partial charge in [-0.2, -0.15) is 0 Å². The lowest BCUT2D eigenvalue weighted by Gasteiger charge is -2.34. The first kappa shape index (κ1) is 44.9. The normalized spacial score (nSPS) is 17.9. The number of amides is 6. The standard InChI is InChI=1S/C44H56FN7O8/c1-7-24-50(41(56)39(44(2,3)4)49-43(58)60-6)27-37(53)47-31-16-10-28(11-17-31)34-22-23-35(52(34)33-20-14-30(45)15-21-33)29-12-18-32(19-13-29)48-40(55)36-9-8-25-51(36)38(54)26-46-42(57)59-5/h10-21,34-36,39H,7-9,22-27H2,1-6H3,(H,46,57)(H,47,53)(H,48,55)(H,49,58)/t34-,35-,36-,39+/m0/s1. The van der Waals surface area contributed by atoms with Crippen molar-refractivity contribution >= 4 is 52.9 Å². The van der Waals surface area contributed by atoms with Crippen molar-refractivity contribution in [3.8, 4) is 0 Å². The van der Waals surface area contributed by atoms with Crippen LogP contribution in [-0.4, -0.2) is 98.1 Å². The molecule has 3 aromatic rings. The molecule has 0 radical (unpaired) electrons. The first-order valence-electron chi connectivity index (χ1n) is 20.2. The van der Waals surface area contributed by atoms with Crippen molar-refractivity contribution in [1.29, 1.82) is 0 Å². The van der Waals surface area contributed by atoms with E-state index in [1.165, 1.54) is 36.2 Å². The Balaban J connectivity index is 1.27. The third-order valence-electron chi connectivity index (χ3n) is 10.8. The minimum absolute atomic E-state index is 0.0810. The Morgan fingerprint density at radius 3 is 1.90 bits per heavy atom. The van der Waals surface area contributed by atoms with Crippen molar-refractivity contribution in [1.82, 2.24) is 20.4 Å². The Bertz CT molecular complexity index is 1990. The Hall–Kier alpha value is -6.19. The maximum absolute atomic E-state index is 14.1. The van der Waals surface area contributed by atoms with Crippen molar-refractivity contribution in [3.05, 3.63) is 89.7 Å². The molecular weight excluding hydrogens is 774 g/mol. The van der Waals surface area contributed by atoms with Crippen molar-refractivity contribution < 1.29 is 42.6 Å². The number of hydrogen-bond donors (Lipinski definition) is 4. The predicted molar refractivity (Wildman–Crippen MR) is 225 cm³/mol. The fourth-order valence-electron chi connectivity index (χ4n) is 7.82. The summed E-state index contributed by atoms with van der Waals surface area (Å²) in [4.78, 5) is 81.6. The summed E-state index contributed by atoms with van der Waals surface area (Å²) in [7, 11) is 2.44. The van der Waals surface area contributed by atoms with E-state index >= 15 is 0 Å². The molecule has 6 amide bonds. The van der Waals surface area contributed by atoms with Gasteiger partial charge < -0.3 is 45.4 Å². The van der Waals surface area contributed by atoms with Gasteiger partial charge in [-0.3, -0.25) is 19.2 Å². The largest absolute Gasteiger partial charge is 0.453 e. The third kappa shape index (κ3) is 11.3. The predicted octanol–water partition coefficient (Wildman–Crippen LogP) is 6.14. The molecule has 2 fully saturated rings. The number of hydrogen-bond acceptors (Lipinski definition) is 9. The number of benzene rings is 3. The Morgan fingerprint density at radius 2 is 1.37 bits per heavy atom. The summed E-state index contributed by atoms with van der Waals surface area (Å²) < 4.78 is 23.4. The molecule has 2 heterocycles. The molecule has 4 atom stereocenters. The minimum atomic E-state index is -0.905. The van der Waals surface area contributed by atoms with Crippen LogP contribution < -0.4 is 26.2 Å². The molecule has 2 aliphatic heterocycles. The lowest BCUT2D eigenvalue weighted by atomic mass is 9.85. The molecule has 322 valence electrons. The Morgan fingerprint density at radius 1 is 0.800 bits per heavy atom. The van der Waals surface area contributed by atoms with Crippen molar-refractivity contribution in [3.63, 3.8) is 0 Å². The van der Waals surface area contributed by atoms with Crippen molar-refractivity contribution in [2.75, 3.05) is 55.9 Å². The average molecular weight is 830 g/mol. The molecule has 3 aromatic carbocycles. The molecule has 0 saturated carbocycles. The highest BCUT2D eigenvalue weighted by atomic mass is 19.1. The van der Waals surface area contributed by atoms with Gasteiger partial charge in [0, 0.05) is 30.2 Å². The first-order valence-corrected chi connectivity index (χ1v) is 20.2. The summed E-state index contributed by atoms with van der Waals surface area (Å²) in [5, 5.41) is 10.8. The zero-order valence-electron chi connectivity index (χ0n) is 35.1. The molecule has 0 aromatic heterocycles. The van der Waals surface area contributed by atoms with Gasteiger partial charge in [0.1, 0.15) is 24.4 Å². The van der Waals surface area contributed by atoms with Gasteiger partial charge in [-0.25, -0.2) is 14.0 Å². The molecule has 2 aliphatic rings. The molecule has 2 saturated heterocycles. The van der Waals surface area contributed by atoms with E-state index in [4.69, 9.17) is 4.74 Å². The average Bonchev–Trinajstić information content (AvgIpc) is 3.91. The van der Waals surface area contributed by atoms with Crippen LogP contribution in [0.5, 0.6) is 0 Å². The molecule has 0 aliphatic carbocycles. The highest BCUT2D eigenvalue weighted by molar-refractivity contribution is 5.98. The van der Waals surface area contributed by atoms with E-state index in [0.29, 0.717) is 43.7 Å². The summed E-state index contributed by atoms with van der Waals surface area (Å²) >= 11 is 0. The van der Waals surface area contributed by atoms with Crippen LogP contribution in [0.25, 0.3) is 0 Å². The fourth-order valence-corrected chi connectivity index (χ4v) is 7.82. The molecule has 60 heavy (non-hydrogen) atoms. The van der Waals surface area contributed by atoms with E-state index in [1.54, 1.807) is 12.1 Å². The summed E-state index contributed by atoms with van der Waals surface area (Å²) in [5.74, 6) is -1.79. The van der Waals surface area contributed by atoms with Crippen LogP contribution in [0.2, 0.25) is 0 Å². The van der Waals surface area contributed by atoms with Gasteiger partial charge in [0.25, 0.3) is 0 Å². The van der Waals surface area contributed by atoms with Gasteiger partial charge in [-0.1, -0.05) is 52.0 Å². The number of methoxy groups -OCH3 is 2. The van der Waals surface area contributed by atoms with E-state index < -0.39 is 29.7 Å². The number of carbonyl (C=O) groups is 6. The van der Waals surface area contributed by atoms with Crippen LogP contribution in [0.3, 0.4) is 0 Å². The molecule has 5 rings (SSSR count). The van der Waals surface area contributed by atoms with E-state index in [0.717, 1.165) is 29.7 Å². The number of nitrogens with zero attached hydrogens (tertiary/aromatic N) is 3. The van der Waals surface area contributed by atoms with E-state index in [-0.39, 0.29) is 54.6 Å². The second-order valence-electron chi connectivity index (χ2n) is 16.1. The topological polar surface area (TPSA) is 179 Å². The summed E-state index contributed by atoms with van der Waals surface area (Å²) in [6.45, 7) is 7.65. The number of carbonyl (C=O) groups excluding carboxylic acids is 6. The highest BCUT2D eigenvalue weighted by Crippen LogP contribution is 2.47. The molecule has 0 bridgehead atoms. The summed E-state index contributed by atoms with van der Waals surface area (Å²) in [6, 6.07) is 19.8. The van der Waals surface area contributed by atoms with Crippen LogP contribution in [0.1, 0.15) is 83.0 Å². The summed E-state index contributed by atoms with van der Waals surface area (Å²) in [5.41, 5.74) is 3.31.